The lowest BCUT2D eigenvalue weighted by molar-refractivity contribution is 0.479. The fraction of sp³-hybridized carbons (Fsp3) is 0.500. The van der Waals surface area contributed by atoms with Crippen LogP contribution in [-0.4, -0.2) is 17.0 Å². The summed E-state index contributed by atoms with van der Waals surface area (Å²) in [5.74, 6) is 0.732. The fourth-order valence-corrected chi connectivity index (χ4v) is 4.13. The molecule has 0 amide bonds. The summed E-state index contributed by atoms with van der Waals surface area (Å²) in [5, 5.41) is 6.13. The Labute approximate surface area is 129 Å². The van der Waals surface area contributed by atoms with Crippen LogP contribution in [0.3, 0.4) is 0 Å². The molecule has 1 aliphatic rings. The van der Waals surface area contributed by atoms with Crippen LogP contribution in [-0.2, 0) is 0 Å². The molecule has 1 atom stereocenters. The van der Waals surface area contributed by atoms with Crippen LogP contribution in [0.5, 0.6) is 0 Å². The summed E-state index contributed by atoms with van der Waals surface area (Å²) in [6.45, 7) is 5.39. The average molecular weight is 317 g/mol. The number of aliphatic imine (C=N–C) groups is 1. The number of nitrogens with one attached hydrogen (secondary N) is 1. The molecule has 0 spiro atoms. The highest BCUT2D eigenvalue weighted by Gasteiger charge is 2.25. The quantitative estimate of drug-likeness (QED) is 0.813. The van der Waals surface area contributed by atoms with Crippen LogP contribution >= 0.6 is 35.0 Å². The van der Waals surface area contributed by atoms with Crippen molar-refractivity contribution in [3.05, 3.63) is 28.2 Å². The van der Waals surface area contributed by atoms with Crippen LogP contribution in [0.1, 0.15) is 26.7 Å². The van der Waals surface area contributed by atoms with Gasteiger partial charge in [0.25, 0.3) is 0 Å². The predicted octanol–water partition coefficient (Wildman–Crippen LogP) is 5.31. The molecule has 0 fully saturated rings. The zero-order valence-corrected chi connectivity index (χ0v) is 13.4. The Hall–Kier alpha value is -0.380. The third-order valence-corrected chi connectivity index (χ3v) is 5.09. The van der Waals surface area contributed by atoms with Crippen molar-refractivity contribution in [2.45, 2.75) is 31.9 Å². The second-order valence-electron chi connectivity index (χ2n) is 4.66. The van der Waals surface area contributed by atoms with E-state index in [0.717, 1.165) is 23.3 Å². The normalized spacial score (nSPS) is 18.8. The van der Waals surface area contributed by atoms with Gasteiger partial charge < -0.3 is 5.32 Å². The zero-order valence-electron chi connectivity index (χ0n) is 11.1. The number of amidine groups is 1. The Morgan fingerprint density at radius 2 is 1.89 bits per heavy atom. The summed E-state index contributed by atoms with van der Waals surface area (Å²) in [7, 11) is 0. The molecular weight excluding hydrogens is 299 g/mol. The molecule has 0 radical (unpaired) electrons. The van der Waals surface area contributed by atoms with Crippen molar-refractivity contribution in [3.8, 4) is 0 Å². The Kier molecular flexibility index (Phi) is 5.43. The second kappa shape index (κ2) is 6.87. The highest BCUT2D eigenvalue weighted by atomic mass is 35.5. The maximum Gasteiger partial charge on any atom is 0.161 e. The molecule has 2 nitrogen and oxygen atoms in total. The van der Waals surface area contributed by atoms with Gasteiger partial charge in [0.05, 0.1) is 6.54 Å². The third kappa shape index (κ3) is 4.04. The number of benzene rings is 1. The molecule has 1 heterocycles. The van der Waals surface area contributed by atoms with Crippen molar-refractivity contribution in [1.82, 2.24) is 0 Å². The van der Waals surface area contributed by atoms with Crippen molar-refractivity contribution < 1.29 is 0 Å². The monoisotopic (exact) mass is 316 g/mol. The SMILES string of the molecule is CCC(CC)C1CN=C(Nc2cc(Cl)cc(Cl)c2)S1. The molecule has 0 bridgehead atoms. The number of rotatable bonds is 4. The summed E-state index contributed by atoms with van der Waals surface area (Å²) in [6.07, 6.45) is 2.42. The lowest BCUT2D eigenvalue weighted by atomic mass is 9.99. The Morgan fingerprint density at radius 1 is 1.26 bits per heavy atom. The van der Waals surface area contributed by atoms with Gasteiger partial charge in [-0.2, -0.15) is 0 Å². The van der Waals surface area contributed by atoms with Gasteiger partial charge in [0, 0.05) is 21.0 Å². The summed E-state index contributed by atoms with van der Waals surface area (Å²) in [4.78, 5) is 4.57. The first-order valence-corrected chi connectivity index (χ1v) is 8.20. The minimum absolute atomic E-state index is 0.590. The molecule has 0 saturated carbocycles. The van der Waals surface area contributed by atoms with Crippen molar-refractivity contribution >= 4 is 45.8 Å². The molecule has 0 aliphatic carbocycles. The van der Waals surface area contributed by atoms with Crippen LogP contribution in [0, 0.1) is 5.92 Å². The molecule has 1 aromatic rings. The maximum atomic E-state index is 5.99. The topological polar surface area (TPSA) is 24.4 Å². The molecule has 1 aromatic carbocycles. The van der Waals surface area contributed by atoms with Crippen LogP contribution in [0.15, 0.2) is 23.2 Å². The maximum absolute atomic E-state index is 5.99. The second-order valence-corrected chi connectivity index (χ2v) is 6.76. The minimum atomic E-state index is 0.590. The lowest BCUT2D eigenvalue weighted by Crippen LogP contribution is -2.17. The first-order chi connectivity index (χ1) is 9.12. The van der Waals surface area contributed by atoms with E-state index >= 15 is 0 Å². The van der Waals surface area contributed by atoms with Gasteiger partial charge in [0.15, 0.2) is 5.17 Å². The molecule has 0 saturated heterocycles. The van der Waals surface area contributed by atoms with Crippen LogP contribution in [0.4, 0.5) is 5.69 Å². The van der Waals surface area contributed by atoms with Crippen LogP contribution in [0.25, 0.3) is 0 Å². The number of thioether (sulfide) groups is 1. The Balaban J connectivity index is 1.98. The van der Waals surface area contributed by atoms with Crippen molar-refractivity contribution in [2.24, 2.45) is 10.9 Å². The number of hydrogen-bond donors (Lipinski definition) is 1. The van der Waals surface area contributed by atoms with E-state index in [1.54, 1.807) is 6.07 Å². The van der Waals surface area contributed by atoms with Crippen LogP contribution in [0.2, 0.25) is 10.0 Å². The molecule has 5 heteroatoms. The van der Waals surface area contributed by atoms with Gasteiger partial charge >= 0.3 is 0 Å². The van der Waals surface area contributed by atoms with E-state index in [1.807, 2.05) is 23.9 Å². The van der Waals surface area contributed by atoms with E-state index in [1.165, 1.54) is 12.8 Å². The molecule has 0 aromatic heterocycles. The Bertz CT molecular complexity index is 452. The summed E-state index contributed by atoms with van der Waals surface area (Å²) >= 11 is 13.8. The van der Waals surface area contributed by atoms with Crippen molar-refractivity contribution in [1.29, 1.82) is 0 Å². The summed E-state index contributed by atoms with van der Waals surface area (Å²) in [5.41, 5.74) is 0.897. The van der Waals surface area contributed by atoms with E-state index in [9.17, 15) is 0 Å². The molecular formula is C14H18Cl2N2S. The molecule has 1 N–H and O–H groups in total. The standard InChI is InChI=1S/C14H18Cl2N2S/c1-3-9(4-2)13-8-17-14(19-13)18-12-6-10(15)5-11(16)7-12/h5-7,9,13H,3-4,8H2,1-2H3,(H,17,18). The van der Waals surface area contributed by atoms with Crippen LogP contribution < -0.4 is 5.32 Å². The van der Waals surface area contributed by atoms with E-state index in [2.05, 4.69) is 24.2 Å². The highest BCUT2D eigenvalue weighted by molar-refractivity contribution is 8.15. The molecule has 1 unspecified atom stereocenters. The first-order valence-electron chi connectivity index (χ1n) is 6.56. The smallest absolute Gasteiger partial charge is 0.161 e. The molecule has 19 heavy (non-hydrogen) atoms. The van der Waals surface area contributed by atoms with Crippen molar-refractivity contribution in [2.75, 3.05) is 11.9 Å². The Morgan fingerprint density at radius 3 is 2.47 bits per heavy atom. The largest absolute Gasteiger partial charge is 0.335 e. The van der Waals surface area contributed by atoms with Gasteiger partial charge in [0.2, 0.25) is 0 Å². The highest BCUT2D eigenvalue weighted by Crippen LogP contribution is 2.32. The van der Waals surface area contributed by atoms with Crippen molar-refractivity contribution in [3.63, 3.8) is 0 Å². The number of halogens is 2. The number of nitrogens with zero attached hydrogens (tertiary/aromatic N) is 1. The number of hydrogen-bond acceptors (Lipinski definition) is 3. The van der Waals surface area contributed by atoms with E-state index in [-0.39, 0.29) is 0 Å². The fourth-order valence-electron chi connectivity index (χ4n) is 2.27. The molecule has 104 valence electrons. The average Bonchev–Trinajstić information content (AvgIpc) is 2.78. The van der Waals surface area contributed by atoms with Gasteiger partial charge in [-0.15, -0.1) is 0 Å². The third-order valence-electron chi connectivity index (χ3n) is 3.37. The van der Waals surface area contributed by atoms with Gasteiger partial charge in [-0.1, -0.05) is 61.7 Å². The van der Waals surface area contributed by atoms with Gasteiger partial charge in [-0.05, 0) is 24.1 Å². The zero-order chi connectivity index (χ0) is 13.8. The lowest BCUT2D eigenvalue weighted by Gasteiger charge is -2.18. The molecule has 2 rings (SSSR count). The van der Waals surface area contributed by atoms with Gasteiger partial charge in [-0.3, -0.25) is 4.99 Å². The van der Waals surface area contributed by atoms with E-state index < -0.39 is 0 Å². The van der Waals surface area contributed by atoms with Gasteiger partial charge in [0.1, 0.15) is 0 Å². The summed E-state index contributed by atoms with van der Waals surface area (Å²) < 4.78 is 0. The molecule has 1 aliphatic heterocycles. The summed E-state index contributed by atoms with van der Waals surface area (Å²) in [6, 6.07) is 5.45. The first kappa shape index (κ1) is 15.0. The van der Waals surface area contributed by atoms with E-state index in [4.69, 9.17) is 23.2 Å². The predicted molar refractivity (Wildman–Crippen MR) is 87.8 cm³/mol. The van der Waals surface area contributed by atoms with Gasteiger partial charge in [-0.25, -0.2) is 0 Å². The van der Waals surface area contributed by atoms with E-state index in [0.29, 0.717) is 15.3 Å². The minimum Gasteiger partial charge on any atom is -0.335 e. The number of anilines is 1.